The van der Waals surface area contributed by atoms with Gasteiger partial charge in [-0.15, -0.1) is 11.3 Å². The summed E-state index contributed by atoms with van der Waals surface area (Å²) in [5.41, 5.74) is 9.58. The van der Waals surface area contributed by atoms with E-state index in [1.165, 1.54) is 64.0 Å². The van der Waals surface area contributed by atoms with E-state index in [1.54, 1.807) is 0 Å². The van der Waals surface area contributed by atoms with Crippen LogP contribution in [0.4, 0.5) is 0 Å². The zero-order chi connectivity index (χ0) is 33.9. The number of rotatable bonds is 4. The molecule has 240 valence electrons. The minimum Gasteiger partial charge on any atom is -0.456 e. The largest absolute Gasteiger partial charge is 0.456 e. The Morgan fingerprint density at radius 3 is 1.73 bits per heavy atom. The fourth-order valence-electron chi connectivity index (χ4n) is 8.46. The third-order valence-electron chi connectivity index (χ3n) is 10.7. The van der Waals surface area contributed by atoms with E-state index < -0.39 is 0 Å². The molecule has 1 aliphatic carbocycles. The van der Waals surface area contributed by atoms with Crippen molar-refractivity contribution in [3.63, 3.8) is 0 Å². The van der Waals surface area contributed by atoms with Gasteiger partial charge >= 0.3 is 0 Å². The Labute approximate surface area is 301 Å². The Hall–Kier alpha value is -6.69. The zero-order valence-electron chi connectivity index (χ0n) is 27.6. The van der Waals surface area contributed by atoms with Gasteiger partial charge in [-0.3, -0.25) is 0 Å². The van der Waals surface area contributed by atoms with Gasteiger partial charge in [-0.05, 0) is 62.7 Å². The van der Waals surface area contributed by atoms with Gasteiger partial charge in [-0.25, -0.2) is 15.0 Å². The lowest BCUT2D eigenvalue weighted by Crippen LogP contribution is -2.00. The molecule has 5 heteroatoms. The van der Waals surface area contributed by atoms with Crippen LogP contribution in [0.5, 0.6) is 0 Å². The quantitative estimate of drug-likeness (QED) is 0.186. The monoisotopic (exact) mass is 679 g/mol. The SMILES string of the molecule is c1ccc(-c2nc(-c3ccccc3)nc(-c3cccc4c(-c5ccc6sc7ccc8ccc9oc%10cccc%11c%10c9c8c7c6c5-%11)cccc34)n2)cc1. The van der Waals surface area contributed by atoms with Crippen LogP contribution in [-0.2, 0) is 0 Å². The van der Waals surface area contributed by atoms with Crippen LogP contribution in [0.25, 0.3) is 120 Å². The van der Waals surface area contributed by atoms with Gasteiger partial charge in [0.1, 0.15) is 11.2 Å². The molecule has 0 bridgehead atoms. The van der Waals surface area contributed by atoms with E-state index in [1.807, 2.05) is 72.0 Å². The van der Waals surface area contributed by atoms with Gasteiger partial charge in [0.15, 0.2) is 17.5 Å². The van der Waals surface area contributed by atoms with Crippen LogP contribution in [-0.4, -0.2) is 15.0 Å². The maximum absolute atomic E-state index is 6.54. The number of fused-ring (bicyclic) bond motifs is 2. The van der Waals surface area contributed by atoms with Gasteiger partial charge < -0.3 is 4.42 Å². The van der Waals surface area contributed by atoms with E-state index >= 15 is 0 Å². The van der Waals surface area contributed by atoms with E-state index in [2.05, 4.69) is 91.0 Å². The highest BCUT2D eigenvalue weighted by molar-refractivity contribution is 7.26. The summed E-state index contributed by atoms with van der Waals surface area (Å²) in [6.07, 6.45) is 0. The molecular weight excluding hydrogens is 655 g/mol. The summed E-state index contributed by atoms with van der Waals surface area (Å²) in [6.45, 7) is 0. The first-order valence-electron chi connectivity index (χ1n) is 17.4. The first kappa shape index (κ1) is 28.1. The molecule has 8 aromatic carbocycles. The van der Waals surface area contributed by atoms with Crippen molar-refractivity contribution in [1.82, 2.24) is 15.0 Å². The van der Waals surface area contributed by atoms with Crippen molar-refractivity contribution < 1.29 is 4.42 Å². The number of nitrogens with zero attached hydrogens (tertiary/aromatic N) is 3. The smallest absolute Gasteiger partial charge is 0.164 e. The first-order valence-corrected chi connectivity index (χ1v) is 18.3. The van der Waals surface area contributed by atoms with Crippen LogP contribution in [0.15, 0.2) is 156 Å². The molecular formula is C47H25N3OS. The Balaban J connectivity index is 1.15. The summed E-state index contributed by atoms with van der Waals surface area (Å²) in [5, 5.41) is 9.84. The minimum atomic E-state index is 0.649. The van der Waals surface area contributed by atoms with Gasteiger partial charge in [0.2, 0.25) is 0 Å². The third-order valence-corrected chi connectivity index (χ3v) is 11.8. The van der Waals surface area contributed by atoms with Crippen molar-refractivity contribution in [1.29, 1.82) is 0 Å². The van der Waals surface area contributed by atoms with Gasteiger partial charge in [0.25, 0.3) is 0 Å². The third kappa shape index (κ3) is 3.83. The maximum Gasteiger partial charge on any atom is 0.164 e. The van der Waals surface area contributed by atoms with E-state index in [4.69, 9.17) is 19.4 Å². The Kier molecular flexibility index (Phi) is 5.62. The molecule has 52 heavy (non-hydrogen) atoms. The van der Waals surface area contributed by atoms with Crippen LogP contribution in [0.3, 0.4) is 0 Å². The highest BCUT2D eigenvalue weighted by atomic mass is 32.1. The lowest BCUT2D eigenvalue weighted by atomic mass is 9.87. The molecule has 12 rings (SSSR count). The second kappa shape index (κ2) is 10.4. The number of benzene rings is 8. The van der Waals surface area contributed by atoms with E-state index in [-0.39, 0.29) is 0 Å². The van der Waals surface area contributed by atoms with Crippen LogP contribution >= 0.6 is 11.3 Å². The predicted octanol–water partition coefficient (Wildman–Crippen LogP) is 13.1. The summed E-state index contributed by atoms with van der Waals surface area (Å²) < 4.78 is 9.14. The summed E-state index contributed by atoms with van der Waals surface area (Å²) >= 11 is 1.87. The molecule has 0 saturated heterocycles. The number of hydrogen-bond donors (Lipinski definition) is 0. The lowest BCUT2D eigenvalue weighted by molar-refractivity contribution is 0.669. The molecule has 3 heterocycles. The molecule has 11 aromatic rings. The van der Waals surface area contributed by atoms with Crippen LogP contribution in [0, 0.1) is 0 Å². The second-order valence-electron chi connectivity index (χ2n) is 13.5. The minimum absolute atomic E-state index is 0.649. The maximum atomic E-state index is 6.54. The molecule has 3 aromatic heterocycles. The molecule has 0 unspecified atom stereocenters. The summed E-state index contributed by atoms with van der Waals surface area (Å²) in [5.74, 6) is 1.95. The summed E-state index contributed by atoms with van der Waals surface area (Å²) in [7, 11) is 0. The number of hydrogen-bond acceptors (Lipinski definition) is 5. The highest BCUT2D eigenvalue weighted by Gasteiger charge is 2.27. The second-order valence-corrected chi connectivity index (χ2v) is 14.5. The Morgan fingerprint density at radius 2 is 0.962 bits per heavy atom. The summed E-state index contributed by atoms with van der Waals surface area (Å²) in [4.78, 5) is 15.2. The zero-order valence-corrected chi connectivity index (χ0v) is 28.4. The molecule has 0 radical (unpaired) electrons. The normalized spacial score (nSPS) is 12.2. The Bertz CT molecular complexity index is 3230. The fourth-order valence-corrected chi connectivity index (χ4v) is 9.58. The number of furan rings is 1. The highest BCUT2D eigenvalue weighted by Crippen LogP contribution is 2.54. The van der Waals surface area contributed by atoms with Crippen molar-refractivity contribution in [3.05, 3.63) is 152 Å². The van der Waals surface area contributed by atoms with Crippen LogP contribution in [0.1, 0.15) is 0 Å². The van der Waals surface area contributed by atoms with E-state index in [0.29, 0.717) is 17.5 Å². The molecule has 0 atom stereocenters. The number of aromatic nitrogens is 3. The van der Waals surface area contributed by atoms with Crippen molar-refractivity contribution >= 4 is 75.0 Å². The van der Waals surface area contributed by atoms with Crippen molar-refractivity contribution in [2.75, 3.05) is 0 Å². The molecule has 0 aliphatic heterocycles. The van der Waals surface area contributed by atoms with Crippen molar-refractivity contribution in [2.45, 2.75) is 0 Å². The molecule has 0 spiro atoms. The number of thiophene rings is 1. The molecule has 0 fully saturated rings. The summed E-state index contributed by atoms with van der Waals surface area (Å²) in [6, 6.07) is 53.5. The average molecular weight is 680 g/mol. The molecule has 0 amide bonds. The van der Waals surface area contributed by atoms with Crippen LogP contribution in [0.2, 0.25) is 0 Å². The molecule has 1 aliphatic rings. The predicted molar refractivity (Wildman–Crippen MR) is 216 cm³/mol. The molecule has 0 saturated carbocycles. The lowest BCUT2D eigenvalue weighted by Gasteiger charge is -2.16. The van der Waals surface area contributed by atoms with Crippen molar-refractivity contribution in [2.24, 2.45) is 0 Å². The van der Waals surface area contributed by atoms with Gasteiger partial charge in [0, 0.05) is 53.0 Å². The molecule has 0 N–H and O–H groups in total. The van der Waals surface area contributed by atoms with Gasteiger partial charge in [-0.2, -0.15) is 0 Å². The van der Waals surface area contributed by atoms with Gasteiger partial charge in [-0.1, -0.05) is 127 Å². The standard InChI is InChI=1S/C47H25N3OS/c1-3-10-27(11-4-1)45-48-46(28-12-5-2-6-13-28)50-47(49-45)33-17-8-14-29-30(15-7-16-31(29)33)32-22-25-38-44-40(32)34-18-9-19-35-41(34)42-36(51-35)23-20-26-21-24-37(52-38)43(44)39(26)42/h1-25H. The Morgan fingerprint density at radius 1 is 0.365 bits per heavy atom. The van der Waals surface area contributed by atoms with Crippen LogP contribution < -0.4 is 0 Å². The van der Waals surface area contributed by atoms with E-state index in [9.17, 15) is 0 Å². The van der Waals surface area contributed by atoms with Crippen molar-refractivity contribution in [3.8, 4) is 56.4 Å². The van der Waals surface area contributed by atoms with Gasteiger partial charge in [0.05, 0.1) is 0 Å². The molecule has 4 nitrogen and oxygen atoms in total. The first-order chi connectivity index (χ1) is 25.8. The average Bonchev–Trinajstić information content (AvgIpc) is 3.75. The topological polar surface area (TPSA) is 51.8 Å². The fraction of sp³-hybridized carbons (Fsp3) is 0. The van der Waals surface area contributed by atoms with E-state index in [0.717, 1.165) is 38.6 Å².